The van der Waals surface area contributed by atoms with Gasteiger partial charge in [0.2, 0.25) is 5.91 Å². The summed E-state index contributed by atoms with van der Waals surface area (Å²) in [4.78, 5) is 11.6. The fourth-order valence-electron chi connectivity index (χ4n) is 1.49. The van der Waals surface area contributed by atoms with Crippen LogP contribution in [0.15, 0.2) is 18.2 Å². The lowest BCUT2D eigenvalue weighted by molar-refractivity contribution is -0.137. The summed E-state index contributed by atoms with van der Waals surface area (Å²) in [6.07, 6.45) is -3.40. The zero-order valence-corrected chi connectivity index (χ0v) is 10.8. The topological polar surface area (TPSA) is 55.1 Å². The van der Waals surface area contributed by atoms with Crippen molar-refractivity contribution in [2.24, 2.45) is 5.92 Å². The summed E-state index contributed by atoms with van der Waals surface area (Å²) < 4.78 is 37.3. The first-order chi connectivity index (χ1) is 8.70. The van der Waals surface area contributed by atoms with Crippen LogP contribution in [0.2, 0.25) is 0 Å². The maximum atomic E-state index is 12.4. The molecule has 0 radical (unpaired) electrons. The summed E-state index contributed by atoms with van der Waals surface area (Å²) >= 11 is 0. The number of amides is 1. The lowest BCUT2D eigenvalue weighted by atomic mass is 10.1. The first kappa shape index (κ1) is 15.3. The molecule has 0 bridgehead atoms. The van der Waals surface area contributed by atoms with Crippen molar-refractivity contribution >= 4 is 17.3 Å². The van der Waals surface area contributed by atoms with Gasteiger partial charge in [0.1, 0.15) is 0 Å². The van der Waals surface area contributed by atoms with Gasteiger partial charge >= 0.3 is 6.18 Å². The molecule has 3 N–H and O–H groups in total. The van der Waals surface area contributed by atoms with Gasteiger partial charge in [-0.2, -0.15) is 13.2 Å². The van der Waals surface area contributed by atoms with E-state index in [4.69, 9.17) is 5.73 Å². The number of carbonyl (C=O) groups is 1. The summed E-state index contributed by atoms with van der Waals surface area (Å²) in [5, 5.41) is 2.51. The van der Waals surface area contributed by atoms with Crippen molar-refractivity contribution in [1.82, 2.24) is 0 Å². The number of hydrogen-bond acceptors (Lipinski definition) is 2. The molecule has 3 nitrogen and oxygen atoms in total. The summed E-state index contributed by atoms with van der Waals surface area (Å²) in [5.74, 6) is 0.135. The normalized spacial score (nSPS) is 11.7. The number of benzene rings is 1. The Morgan fingerprint density at radius 2 is 2.00 bits per heavy atom. The van der Waals surface area contributed by atoms with Gasteiger partial charge in [0.15, 0.2) is 0 Å². The minimum atomic E-state index is -4.44. The molecule has 0 aliphatic carbocycles. The van der Waals surface area contributed by atoms with E-state index < -0.39 is 11.7 Å². The molecule has 1 aromatic rings. The second kappa shape index (κ2) is 5.95. The molecule has 1 amide bonds. The molecular weight excluding hydrogens is 257 g/mol. The van der Waals surface area contributed by atoms with Crippen LogP contribution in [-0.2, 0) is 11.0 Å². The Morgan fingerprint density at radius 3 is 2.47 bits per heavy atom. The molecule has 1 rings (SSSR count). The van der Waals surface area contributed by atoms with E-state index in [0.29, 0.717) is 18.8 Å². The Morgan fingerprint density at radius 1 is 1.37 bits per heavy atom. The molecule has 0 saturated heterocycles. The largest absolute Gasteiger partial charge is 0.416 e. The molecule has 0 spiro atoms. The lowest BCUT2D eigenvalue weighted by Gasteiger charge is -2.12. The average Bonchev–Trinajstić information content (AvgIpc) is 2.27. The lowest BCUT2D eigenvalue weighted by Crippen LogP contribution is -2.14. The first-order valence-electron chi connectivity index (χ1n) is 5.96. The molecule has 1 aromatic carbocycles. The molecule has 19 heavy (non-hydrogen) atoms. The third-order valence-electron chi connectivity index (χ3n) is 2.60. The monoisotopic (exact) mass is 274 g/mol. The number of halogens is 3. The van der Waals surface area contributed by atoms with Crippen molar-refractivity contribution < 1.29 is 18.0 Å². The van der Waals surface area contributed by atoms with Crippen LogP contribution in [0.3, 0.4) is 0 Å². The summed E-state index contributed by atoms with van der Waals surface area (Å²) in [7, 11) is 0. The van der Waals surface area contributed by atoms with E-state index in [-0.39, 0.29) is 17.3 Å². The molecule has 6 heteroatoms. The van der Waals surface area contributed by atoms with Crippen molar-refractivity contribution in [1.29, 1.82) is 0 Å². The van der Waals surface area contributed by atoms with Crippen molar-refractivity contribution in [3.8, 4) is 0 Å². The van der Waals surface area contributed by atoms with Crippen LogP contribution in [-0.4, -0.2) is 5.91 Å². The maximum Gasteiger partial charge on any atom is 0.416 e. The van der Waals surface area contributed by atoms with E-state index in [2.05, 4.69) is 5.32 Å². The van der Waals surface area contributed by atoms with E-state index in [1.54, 1.807) is 0 Å². The zero-order chi connectivity index (χ0) is 14.6. The highest BCUT2D eigenvalue weighted by Crippen LogP contribution is 2.32. The second-order valence-electron chi connectivity index (χ2n) is 4.78. The van der Waals surface area contributed by atoms with Gasteiger partial charge in [0.05, 0.1) is 16.9 Å². The van der Waals surface area contributed by atoms with Gasteiger partial charge in [-0.1, -0.05) is 13.8 Å². The Balaban J connectivity index is 2.73. The molecular formula is C13H17F3N2O. The van der Waals surface area contributed by atoms with Crippen LogP contribution in [0.5, 0.6) is 0 Å². The number of carbonyl (C=O) groups excluding carboxylic acids is 1. The minimum absolute atomic E-state index is 0.0901. The van der Waals surface area contributed by atoms with E-state index in [0.717, 1.165) is 12.1 Å². The molecule has 106 valence electrons. The molecule has 0 atom stereocenters. The van der Waals surface area contributed by atoms with Gasteiger partial charge in [-0.15, -0.1) is 0 Å². The molecule has 0 aliphatic rings. The Labute approximate surface area is 110 Å². The minimum Gasteiger partial charge on any atom is -0.397 e. The van der Waals surface area contributed by atoms with Gasteiger partial charge in [-0.3, -0.25) is 4.79 Å². The standard InChI is InChI=1S/C13H17F3N2O/c1-8(2)3-6-12(19)18-11-5-4-9(7-10(11)17)13(14,15)16/h4-5,7-8H,3,6,17H2,1-2H3,(H,18,19). The highest BCUT2D eigenvalue weighted by Gasteiger charge is 2.30. The molecule has 0 aliphatic heterocycles. The van der Waals surface area contributed by atoms with Crippen molar-refractivity contribution in [3.63, 3.8) is 0 Å². The number of rotatable bonds is 4. The summed E-state index contributed by atoms with van der Waals surface area (Å²) in [5.41, 5.74) is 4.80. The Hall–Kier alpha value is -1.72. The fraction of sp³-hybridized carbons (Fsp3) is 0.462. The van der Waals surface area contributed by atoms with E-state index >= 15 is 0 Å². The quantitative estimate of drug-likeness (QED) is 0.823. The summed E-state index contributed by atoms with van der Waals surface area (Å²) in [6.45, 7) is 3.97. The maximum absolute atomic E-state index is 12.4. The number of anilines is 2. The molecule has 0 aromatic heterocycles. The molecule has 0 fully saturated rings. The van der Waals surface area contributed by atoms with Gasteiger partial charge in [-0.25, -0.2) is 0 Å². The highest BCUT2D eigenvalue weighted by molar-refractivity contribution is 5.93. The van der Waals surface area contributed by atoms with Crippen LogP contribution in [0.1, 0.15) is 32.3 Å². The molecule has 0 heterocycles. The van der Waals surface area contributed by atoms with Gasteiger partial charge in [0.25, 0.3) is 0 Å². The van der Waals surface area contributed by atoms with E-state index in [9.17, 15) is 18.0 Å². The van der Waals surface area contributed by atoms with Crippen LogP contribution >= 0.6 is 0 Å². The predicted octanol–water partition coefficient (Wildman–Crippen LogP) is 3.66. The second-order valence-corrected chi connectivity index (χ2v) is 4.78. The van der Waals surface area contributed by atoms with Gasteiger partial charge in [-0.05, 0) is 30.5 Å². The molecule has 0 saturated carbocycles. The van der Waals surface area contributed by atoms with Crippen LogP contribution in [0.25, 0.3) is 0 Å². The fourth-order valence-corrected chi connectivity index (χ4v) is 1.49. The summed E-state index contributed by atoms with van der Waals surface area (Å²) in [6, 6.07) is 2.89. The van der Waals surface area contributed by atoms with E-state index in [1.807, 2.05) is 13.8 Å². The molecule has 0 unspecified atom stereocenters. The van der Waals surface area contributed by atoms with Gasteiger partial charge in [0, 0.05) is 6.42 Å². The van der Waals surface area contributed by atoms with Crippen molar-refractivity contribution in [3.05, 3.63) is 23.8 Å². The number of nitrogen functional groups attached to an aromatic ring is 1. The first-order valence-corrected chi connectivity index (χ1v) is 5.96. The number of hydrogen-bond donors (Lipinski definition) is 2. The SMILES string of the molecule is CC(C)CCC(=O)Nc1ccc(C(F)(F)F)cc1N. The third kappa shape index (κ3) is 4.81. The van der Waals surface area contributed by atoms with Crippen molar-refractivity contribution in [2.45, 2.75) is 32.9 Å². The average molecular weight is 274 g/mol. The highest BCUT2D eigenvalue weighted by atomic mass is 19.4. The third-order valence-corrected chi connectivity index (χ3v) is 2.60. The Kier molecular flexibility index (Phi) is 4.80. The van der Waals surface area contributed by atoms with Crippen LogP contribution in [0.4, 0.5) is 24.5 Å². The van der Waals surface area contributed by atoms with Crippen molar-refractivity contribution in [2.75, 3.05) is 11.1 Å². The predicted molar refractivity (Wildman–Crippen MR) is 68.6 cm³/mol. The number of nitrogens with one attached hydrogen (secondary N) is 1. The van der Waals surface area contributed by atoms with Crippen LogP contribution in [0, 0.1) is 5.92 Å². The number of nitrogens with two attached hydrogens (primary N) is 1. The number of alkyl halides is 3. The zero-order valence-electron chi connectivity index (χ0n) is 10.8. The van der Waals surface area contributed by atoms with Crippen LogP contribution < -0.4 is 11.1 Å². The van der Waals surface area contributed by atoms with Gasteiger partial charge < -0.3 is 11.1 Å². The van der Waals surface area contributed by atoms with E-state index in [1.165, 1.54) is 6.07 Å². The Bertz CT molecular complexity index is 456. The smallest absolute Gasteiger partial charge is 0.397 e.